The fourth-order valence-corrected chi connectivity index (χ4v) is 1.77. The van der Waals surface area contributed by atoms with Crippen LogP contribution in [0.25, 0.3) is 0 Å². The van der Waals surface area contributed by atoms with E-state index in [0.717, 1.165) is 12.1 Å². The third-order valence-corrected chi connectivity index (χ3v) is 2.56. The van der Waals surface area contributed by atoms with Gasteiger partial charge in [-0.1, -0.05) is 6.07 Å². The van der Waals surface area contributed by atoms with E-state index >= 15 is 0 Å². The number of ether oxygens (including phenoxy) is 2. The van der Waals surface area contributed by atoms with Crippen LogP contribution in [-0.2, 0) is 9.53 Å². The van der Waals surface area contributed by atoms with Crippen LogP contribution in [0.15, 0.2) is 18.2 Å². The van der Waals surface area contributed by atoms with Gasteiger partial charge in [-0.15, -0.1) is 0 Å². The molecule has 0 radical (unpaired) electrons. The highest BCUT2D eigenvalue weighted by Gasteiger charge is 2.17. The number of phenols is 1. The molecule has 0 saturated carbocycles. The van der Waals surface area contributed by atoms with Gasteiger partial charge in [0.15, 0.2) is 11.5 Å². The molecule has 92 valence electrons. The minimum absolute atomic E-state index is 0.0370. The van der Waals surface area contributed by atoms with Crippen LogP contribution in [0.5, 0.6) is 11.5 Å². The maximum atomic E-state index is 10.8. The number of rotatable bonds is 2. The van der Waals surface area contributed by atoms with E-state index in [2.05, 4.69) is 5.32 Å². The smallest absolute Gasteiger partial charge is 0.308 e. The van der Waals surface area contributed by atoms with E-state index in [0.29, 0.717) is 13.2 Å². The zero-order valence-corrected chi connectivity index (χ0v) is 9.60. The van der Waals surface area contributed by atoms with Gasteiger partial charge in [0.25, 0.3) is 0 Å². The summed E-state index contributed by atoms with van der Waals surface area (Å²) in [6.07, 6.45) is 0. The maximum absolute atomic E-state index is 10.8. The molecule has 1 heterocycles. The van der Waals surface area contributed by atoms with Crippen LogP contribution in [-0.4, -0.2) is 30.8 Å². The summed E-state index contributed by atoms with van der Waals surface area (Å²) in [5, 5.41) is 13.0. The molecule has 0 unspecified atom stereocenters. The second kappa shape index (κ2) is 5.16. The molecule has 0 bridgehead atoms. The minimum Gasteiger partial charge on any atom is -0.504 e. The van der Waals surface area contributed by atoms with Crippen molar-refractivity contribution < 1.29 is 19.4 Å². The van der Waals surface area contributed by atoms with Crippen molar-refractivity contribution in [2.75, 3.05) is 19.8 Å². The molecule has 1 aliphatic heterocycles. The number of aromatic hydroxyl groups is 1. The lowest BCUT2D eigenvalue weighted by molar-refractivity contribution is -0.132. The molecule has 2 N–H and O–H groups in total. The van der Waals surface area contributed by atoms with E-state index in [1.165, 1.54) is 6.92 Å². The van der Waals surface area contributed by atoms with Gasteiger partial charge < -0.3 is 19.9 Å². The lowest BCUT2D eigenvalue weighted by Gasteiger charge is -2.24. The van der Waals surface area contributed by atoms with Crippen molar-refractivity contribution in [2.24, 2.45) is 0 Å². The minimum atomic E-state index is -0.452. The van der Waals surface area contributed by atoms with Gasteiger partial charge in [-0.3, -0.25) is 4.79 Å². The number of phenolic OH excluding ortho intramolecular Hbond substituents is 1. The molecule has 0 spiro atoms. The van der Waals surface area contributed by atoms with Gasteiger partial charge in [0.1, 0.15) is 0 Å². The third kappa shape index (κ3) is 2.95. The average Bonchev–Trinajstić information content (AvgIpc) is 2.32. The molecule has 5 nitrogen and oxygen atoms in total. The number of carbonyl (C=O) groups is 1. The summed E-state index contributed by atoms with van der Waals surface area (Å²) in [5.74, 6) is -0.310. The van der Waals surface area contributed by atoms with Crippen molar-refractivity contribution in [3.05, 3.63) is 23.8 Å². The standard InChI is InChI=1S/C12H15NO4/c1-8(14)17-12-3-2-9(6-11(12)15)10-7-16-5-4-13-10/h2-3,6,10,13,15H,4-5,7H2,1H3/t10-/m1/s1. The normalized spacial score (nSPS) is 19.9. The van der Waals surface area contributed by atoms with Crippen molar-refractivity contribution in [1.82, 2.24) is 5.32 Å². The summed E-state index contributed by atoms with van der Waals surface area (Å²) in [6, 6.07) is 5.05. The van der Waals surface area contributed by atoms with Crippen molar-refractivity contribution in [2.45, 2.75) is 13.0 Å². The van der Waals surface area contributed by atoms with Crippen LogP contribution >= 0.6 is 0 Å². The molecule has 5 heteroatoms. The van der Waals surface area contributed by atoms with Gasteiger partial charge in [0, 0.05) is 13.5 Å². The molecule has 1 aliphatic rings. The van der Waals surface area contributed by atoms with Gasteiger partial charge in [0.2, 0.25) is 0 Å². The first-order valence-electron chi connectivity index (χ1n) is 5.49. The summed E-state index contributed by atoms with van der Waals surface area (Å²) < 4.78 is 10.2. The van der Waals surface area contributed by atoms with Gasteiger partial charge in [0.05, 0.1) is 19.3 Å². The molecule has 0 amide bonds. The first kappa shape index (κ1) is 11.9. The predicted octanol–water partition coefficient (Wildman–Crippen LogP) is 0.978. The average molecular weight is 237 g/mol. The Morgan fingerprint density at radius 2 is 2.41 bits per heavy atom. The maximum Gasteiger partial charge on any atom is 0.308 e. The Kier molecular flexibility index (Phi) is 3.61. The van der Waals surface area contributed by atoms with Gasteiger partial charge in [-0.05, 0) is 17.7 Å². The fraction of sp³-hybridized carbons (Fsp3) is 0.417. The Labute approximate surface area is 99.3 Å². The van der Waals surface area contributed by atoms with E-state index in [1.807, 2.05) is 6.07 Å². The zero-order chi connectivity index (χ0) is 12.3. The third-order valence-electron chi connectivity index (χ3n) is 2.56. The molecule has 1 saturated heterocycles. The second-order valence-corrected chi connectivity index (χ2v) is 3.90. The van der Waals surface area contributed by atoms with Gasteiger partial charge in [-0.2, -0.15) is 0 Å². The molecule has 17 heavy (non-hydrogen) atoms. The Balaban J connectivity index is 2.14. The first-order valence-corrected chi connectivity index (χ1v) is 5.49. The summed E-state index contributed by atoms with van der Waals surface area (Å²) in [6.45, 7) is 3.36. The fourth-order valence-electron chi connectivity index (χ4n) is 1.77. The molecule has 1 aromatic rings. The quantitative estimate of drug-likeness (QED) is 0.593. The molecule has 0 aromatic heterocycles. The first-order chi connectivity index (χ1) is 8.16. The van der Waals surface area contributed by atoms with Gasteiger partial charge in [-0.25, -0.2) is 0 Å². The molecule has 1 fully saturated rings. The van der Waals surface area contributed by atoms with Crippen molar-refractivity contribution >= 4 is 5.97 Å². The SMILES string of the molecule is CC(=O)Oc1ccc([C@H]2COCCN2)cc1O. The van der Waals surface area contributed by atoms with Crippen LogP contribution in [0.4, 0.5) is 0 Å². The lowest BCUT2D eigenvalue weighted by atomic mass is 10.1. The second-order valence-electron chi connectivity index (χ2n) is 3.90. The summed E-state index contributed by atoms with van der Waals surface area (Å²) in [4.78, 5) is 10.8. The van der Waals surface area contributed by atoms with Crippen LogP contribution in [0.2, 0.25) is 0 Å². The number of hydrogen-bond donors (Lipinski definition) is 2. The monoisotopic (exact) mass is 237 g/mol. The van der Waals surface area contributed by atoms with E-state index in [9.17, 15) is 9.90 Å². The van der Waals surface area contributed by atoms with Crippen molar-refractivity contribution in [3.63, 3.8) is 0 Å². The summed E-state index contributed by atoms with van der Waals surface area (Å²) >= 11 is 0. The van der Waals surface area contributed by atoms with Crippen LogP contribution in [0.3, 0.4) is 0 Å². The number of carbonyl (C=O) groups excluding carboxylic acids is 1. The largest absolute Gasteiger partial charge is 0.504 e. The molecule has 1 aromatic carbocycles. The molecular weight excluding hydrogens is 222 g/mol. The summed E-state index contributed by atoms with van der Waals surface area (Å²) in [5.41, 5.74) is 0.915. The van der Waals surface area contributed by atoms with Crippen LogP contribution < -0.4 is 10.1 Å². The highest BCUT2D eigenvalue weighted by atomic mass is 16.5. The van der Waals surface area contributed by atoms with Crippen LogP contribution in [0.1, 0.15) is 18.5 Å². The van der Waals surface area contributed by atoms with E-state index in [1.54, 1.807) is 12.1 Å². The Bertz CT molecular complexity index is 413. The van der Waals surface area contributed by atoms with Gasteiger partial charge >= 0.3 is 5.97 Å². The molecule has 1 atom stereocenters. The highest BCUT2D eigenvalue weighted by Crippen LogP contribution is 2.29. The Hall–Kier alpha value is -1.59. The number of hydrogen-bond acceptors (Lipinski definition) is 5. The highest BCUT2D eigenvalue weighted by molar-refractivity contribution is 5.70. The molecular formula is C12H15NO4. The predicted molar refractivity (Wildman–Crippen MR) is 61.0 cm³/mol. The number of benzene rings is 1. The Morgan fingerprint density at radius 3 is 3.00 bits per heavy atom. The topological polar surface area (TPSA) is 67.8 Å². The van der Waals surface area contributed by atoms with Crippen LogP contribution in [0, 0.1) is 0 Å². The molecule has 2 rings (SSSR count). The zero-order valence-electron chi connectivity index (χ0n) is 9.60. The van der Waals surface area contributed by atoms with Crippen molar-refractivity contribution in [1.29, 1.82) is 0 Å². The van der Waals surface area contributed by atoms with Crippen molar-refractivity contribution in [3.8, 4) is 11.5 Å². The number of esters is 1. The lowest BCUT2D eigenvalue weighted by Crippen LogP contribution is -2.34. The number of morpholine rings is 1. The molecule has 0 aliphatic carbocycles. The summed E-state index contributed by atoms with van der Waals surface area (Å²) in [7, 11) is 0. The number of nitrogens with one attached hydrogen (secondary N) is 1. The Morgan fingerprint density at radius 1 is 1.59 bits per heavy atom. The van der Waals surface area contributed by atoms with E-state index in [-0.39, 0.29) is 17.5 Å². The van der Waals surface area contributed by atoms with E-state index in [4.69, 9.17) is 9.47 Å². The van der Waals surface area contributed by atoms with E-state index < -0.39 is 5.97 Å².